The summed E-state index contributed by atoms with van der Waals surface area (Å²) in [5.41, 5.74) is 6.07. The van der Waals surface area contributed by atoms with E-state index in [1.165, 1.54) is 5.48 Å². The summed E-state index contributed by atoms with van der Waals surface area (Å²) in [6.45, 7) is 0. The second kappa shape index (κ2) is 7.01. The number of hydrogen-bond donors (Lipinski definition) is 3. The molecular formula is C4H8N2NaO3. The van der Waals surface area contributed by atoms with Crippen molar-refractivity contribution in [1.29, 1.82) is 0 Å². The molecule has 0 saturated heterocycles. The first kappa shape index (κ1) is 12.6. The van der Waals surface area contributed by atoms with Crippen LogP contribution in [0, 0.1) is 0 Å². The van der Waals surface area contributed by atoms with Crippen molar-refractivity contribution in [2.75, 3.05) is 0 Å². The Bertz CT molecular complexity index is 128. The van der Waals surface area contributed by atoms with Crippen molar-refractivity contribution < 1.29 is 14.8 Å². The molecule has 53 valence electrons. The number of rotatable bonds is 3. The summed E-state index contributed by atoms with van der Waals surface area (Å²) in [7, 11) is 0. The Morgan fingerprint density at radius 2 is 1.90 bits per heavy atom. The van der Waals surface area contributed by atoms with E-state index in [1.54, 1.807) is 0 Å². The Kier molecular flexibility index (Phi) is 8.81. The molecule has 0 aliphatic rings. The van der Waals surface area contributed by atoms with Crippen molar-refractivity contribution in [2.24, 2.45) is 5.73 Å². The van der Waals surface area contributed by atoms with E-state index in [4.69, 9.17) is 10.9 Å². The average molecular weight is 155 g/mol. The number of carbonyl (C=O) groups is 2. The third-order valence-corrected chi connectivity index (χ3v) is 0.723. The molecule has 0 bridgehead atoms. The van der Waals surface area contributed by atoms with Gasteiger partial charge in [0.05, 0.1) is 0 Å². The second-order valence-corrected chi connectivity index (χ2v) is 1.50. The van der Waals surface area contributed by atoms with Crippen LogP contribution in [-0.2, 0) is 9.59 Å². The van der Waals surface area contributed by atoms with Gasteiger partial charge >= 0.3 is 0 Å². The van der Waals surface area contributed by atoms with Crippen LogP contribution in [0.5, 0.6) is 0 Å². The topological polar surface area (TPSA) is 92.4 Å². The van der Waals surface area contributed by atoms with Gasteiger partial charge in [-0.1, -0.05) is 0 Å². The van der Waals surface area contributed by atoms with Gasteiger partial charge in [0.1, 0.15) is 0 Å². The molecule has 1 radical (unpaired) electrons. The number of nitrogens with one attached hydrogen (secondary N) is 1. The monoisotopic (exact) mass is 155 g/mol. The number of hydroxylamine groups is 1. The first-order chi connectivity index (χ1) is 4.16. The number of carbonyl (C=O) groups excluding carboxylic acids is 2. The largest absolute Gasteiger partial charge is 0.370 e. The molecular weight excluding hydrogens is 147 g/mol. The van der Waals surface area contributed by atoms with Crippen LogP contribution in [0.1, 0.15) is 12.8 Å². The number of hydrogen-bond acceptors (Lipinski definition) is 3. The number of amides is 2. The van der Waals surface area contributed by atoms with E-state index in [9.17, 15) is 9.59 Å². The summed E-state index contributed by atoms with van der Waals surface area (Å²) >= 11 is 0. The Morgan fingerprint density at radius 3 is 2.20 bits per heavy atom. The Labute approximate surface area is 80.2 Å². The molecule has 0 fully saturated rings. The summed E-state index contributed by atoms with van der Waals surface area (Å²) in [6.07, 6.45) is -0.0990. The minimum absolute atomic E-state index is 0. The molecule has 10 heavy (non-hydrogen) atoms. The maximum absolute atomic E-state index is 10.1. The minimum Gasteiger partial charge on any atom is -0.370 e. The van der Waals surface area contributed by atoms with Gasteiger partial charge in [-0.25, -0.2) is 5.48 Å². The van der Waals surface area contributed by atoms with Crippen LogP contribution in [0.3, 0.4) is 0 Å². The SMILES string of the molecule is NC(=O)CCC(=O)NO.[Na]. The fraction of sp³-hybridized carbons (Fsp3) is 0.500. The van der Waals surface area contributed by atoms with Crippen molar-refractivity contribution in [1.82, 2.24) is 5.48 Å². The minimum atomic E-state index is -0.603. The van der Waals surface area contributed by atoms with Crippen LogP contribution in [-0.4, -0.2) is 46.6 Å². The summed E-state index contributed by atoms with van der Waals surface area (Å²) in [5, 5.41) is 7.90. The quantitative estimate of drug-likeness (QED) is 0.259. The molecule has 0 rings (SSSR count). The molecule has 0 aromatic heterocycles. The van der Waals surface area contributed by atoms with Crippen LogP contribution in [0.4, 0.5) is 0 Å². The molecule has 2 amide bonds. The molecule has 0 aliphatic heterocycles. The van der Waals surface area contributed by atoms with Crippen molar-refractivity contribution in [3.8, 4) is 0 Å². The second-order valence-electron chi connectivity index (χ2n) is 1.50. The van der Waals surface area contributed by atoms with Crippen LogP contribution in [0.15, 0.2) is 0 Å². The molecule has 0 aliphatic carbocycles. The van der Waals surface area contributed by atoms with Gasteiger partial charge in [-0.3, -0.25) is 14.8 Å². The molecule has 0 heterocycles. The third-order valence-electron chi connectivity index (χ3n) is 0.723. The van der Waals surface area contributed by atoms with Crippen molar-refractivity contribution in [3.05, 3.63) is 0 Å². The summed E-state index contributed by atoms with van der Waals surface area (Å²) in [6, 6.07) is 0. The van der Waals surface area contributed by atoms with Crippen molar-refractivity contribution in [2.45, 2.75) is 12.8 Å². The first-order valence-electron chi connectivity index (χ1n) is 2.38. The van der Waals surface area contributed by atoms with Gasteiger partial charge in [0.2, 0.25) is 11.8 Å². The number of primary amides is 1. The average Bonchev–Trinajstić information content (AvgIpc) is 1.83. The molecule has 0 aromatic rings. The maximum atomic E-state index is 10.1. The van der Waals surface area contributed by atoms with E-state index in [2.05, 4.69) is 0 Å². The predicted molar refractivity (Wildman–Crippen MR) is 34.1 cm³/mol. The molecule has 0 unspecified atom stereocenters. The molecule has 0 atom stereocenters. The Morgan fingerprint density at radius 1 is 1.40 bits per heavy atom. The smallest absolute Gasteiger partial charge is 0.243 e. The van der Waals surface area contributed by atoms with E-state index < -0.39 is 11.8 Å². The summed E-state index contributed by atoms with van der Waals surface area (Å²) in [5.74, 6) is -1.16. The molecule has 4 N–H and O–H groups in total. The predicted octanol–water partition coefficient (Wildman–Crippen LogP) is -1.62. The molecule has 5 nitrogen and oxygen atoms in total. The maximum Gasteiger partial charge on any atom is 0.243 e. The normalized spacial score (nSPS) is 7.70. The molecule has 6 heteroatoms. The van der Waals surface area contributed by atoms with E-state index in [0.717, 1.165) is 0 Å². The van der Waals surface area contributed by atoms with Gasteiger partial charge in [-0.15, -0.1) is 0 Å². The fourth-order valence-corrected chi connectivity index (χ4v) is 0.293. The number of nitrogens with two attached hydrogens (primary N) is 1. The van der Waals surface area contributed by atoms with Gasteiger partial charge in [-0.2, -0.15) is 0 Å². The third kappa shape index (κ3) is 7.90. The van der Waals surface area contributed by atoms with E-state index >= 15 is 0 Å². The van der Waals surface area contributed by atoms with Crippen LogP contribution >= 0.6 is 0 Å². The summed E-state index contributed by atoms with van der Waals surface area (Å²) in [4.78, 5) is 20.1. The van der Waals surface area contributed by atoms with Crippen LogP contribution in [0.2, 0.25) is 0 Å². The van der Waals surface area contributed by atoms with E-state index in [-0.39, 0.29) is 42.4 Å². The fourth-order valence-electron chi connectivity index (χ4n) is 0.293. The van der Waals surface area contributed by atoms with Crippen LogP contribution in [0.25, 0.3) is 0 Å². The van der Waals surface area contributed by atoms with Crippen molar-refractivity contribution >= 4 is 41.4 Å². The zero-order chi connectivity index (χ0) is 7.28. The zero-order valence-corrected chi connectivity index (χ0v) is 7.76. The van der Waals surface area contributed by atoms with Gasteiger partial charge in [-0.05, 0) is 0 Å². The van der Waals surface area contributed by atoms with E-state index in [1.807, 2.05) is 0 Å². The van der Waals surface area contributed by atoms with Gasteiger partial charge in [0, 0.05) is 42.4 Å². The zero-order valence-electron chi connectivity index (χ0n) is 5.76. The summed E-state index contributed by atoms with van der Waals surface area (Å²) < 4.78 is 0. The molecule has 0 saturated carbocycles. The van der Waals surface area contributed by atoms with E-state index in [0.29, 0.717) is 0 Å². The van der Waals surface area contributed by atoms with Gasteiger partial charge in [0.15, 0.2) is 0 Å². The van der Waals surface area contributed by atoms with Gasteiger partial charge < -0.3 is 5.73 Å². The van der Waals surface area contributed by atoms with Crippen molar-refractivity contribution in [3.63, 3.8) is 0 Å². The molecule has 0 spiro atoms. The van der Waals surface area contributed by atoms with Gasteiger partial charge in [0.25, 0.3) is 0 Å². The van der Waals surface area contributed by atoms with Crippen LogP contribution < -0.4 is 11.2 Å². The Balaban J connectivity index is 0. The first-order valence-corrected chi connectivity index (χ1v) is 2.38. The standard InChI is InChI=1S/C4H8N2O3.Na/c5-3(7)1-2-4(8)6-9;/h9H,1-2H2,(H2,5,7)(H,6,8);. The Hall–Kier alpha value is -0.100. The molecule has 0 aromatic carbocycles.